The minimum atomic E-state index is -0.692. The maximum atomic E-state index is 12.9. The van der Waals surface area contributed by atoms with Gasteiger partial charge in [0.25, 0.3) is 5.91 Å². The summed E-state index contributed by atoms with van der Waals surface area (Å²) < 4.78 is 5.28. The lowest BCUT2D eigenvalue weighted by Crippen LogP contribution is -2.49. The number of benzene rings is 2. The molecule has 0 saturated carbocycles. The van der Waals surface area contributed by atoms with Gasteiger partial charge in [0.15, 0.2) is 5.58 Å². The average Bonchev–Trinajstić information content (AvgIpc) is 2.68. The van der Waals surface area contributed by atoms with Crippen LogP contribution < -0.4 is 10.5 Å². The number of hydrogen-bond donors (Lipinski definition) is 0. The van der Waals surface area contributed by atoms with Crippen molar-refractivity contribution in [2.45, 2.75) is 0 Å². The zero-order valence-electron chi connectivity index (χ0n) is 14.3. The highest BCUT2D eigenvalue weighted by molar-refractivity contribution is 6.38. The van der Waals surface area contributed by atoms with Gasteiger partial charge in [0.1, 0.15) is 5.56 Å². The predicted octanol–water partition coefficient (Wildman–Crippen LogP) is 4.06. The molecular weight excluding hydrogens is 387 g/mol. The molecule has 1 aliphatic rings. The van der Waals surface area contributed by atoms with Crippen LogP contribution in [0.4, 0.5) is 5.69 Å². The van der Waals surface area contributed by atoms with E-state index in [2.05, 4.69) is 4.90 Å². The van der Waals surface area contributed by atoms with E-state index in [9.17, 15) is 9.59 Å². The van der Waals surface area contributed by atoms with Crippen LogP contribution in [0.15, 0.2) is 57.7 Å². The predicted molar refractivity (Wildman–Crippen MR) is 107 cm³/mol. The van der Waals surface area contributed by atoms with Gasteiger partial charge in [-0.3, -0.25) is 4.79 Å². The average molecular weight is 403 g/mol. The molecule has 0 radical (unpaired) electrons. The molecule has 0 spiro atoms. The Morgan fingerprint density at radius 3 is 2.37 bits per heavy atom. The van der Waals surface area contributed by atoms with Gasteiger partial charge in [0, 0.05) is 42.3 Å². The number of para-hydroxylation sites is 1. The molecule has 0 N–H and O–H groups in total. The molecule has 3 aromatic rings. The molecule has 0 unspecified atom stereocenters. The second-order valence-corrected chi connectivity index (χ2v) is 7.21. The molecule has 1 fully saturated rings. The normalized spacial score (nSPS) is 14.6. The summed E-state index contributed by atoms with van der Waals surface area (Å²) in [4.78, 5) is 29.1. The Balaban J connectivity index is 1.57. The van der Waals surface area contributed by atoms with E-state index in [1.807, 2.05) is 30.3 Å². The molecule has 7 heteroatoms. The monoisotopic (exact) mass is 402 g/mol. The van der Waals surface area contributed by atoms with Crippen LogP contribution in [0.3, 0.4) is 0 Å². The van der Waals surface area contributed by atoms with Crippen molar-refractivity contribution in [3.05, 3.63) is 74.6 Å². The largest absolute Gasteiger partial charge is 0.421 e. The molecule has 138 valence electrons. The number of anilines is 1. The number of halogens is 2. The van der Waals surface area contributed by atoms with E-state index in [1.54, 1.807) is 11.0 Å². The molecule has 1 saturated heterocycles. The van der Waals surface area contributed by atoms with Gasteiger partial charge in [0.05, 0.1) is 5.02 Å². The van der Waals surface area contributed by atoms with E-state index in [0.29, 0.717) is 36.6 Å². The Morgan fingerprint density at radius 2 is 1.67 bits per heavy atom. The van der Waals surface area contributed by atoms with Crippen molar-refractivity contribution >= 4 is 45.8 Å². The number of fused-ring (bicyclic) bond motifs is 1. The van der Waals surface area contributed by atoms with Gasteiger partial charge in [-0.25, -0.2) is 4.79 Å². The number of piperazine rings is 1. The van der Waals surface area contributed by atoms with Crippen molar-refractivity contribution in [1.82, 2.24) is 4.90 Å². The summed E-state index contributed by atoms with van der Waals surface area (Å²) >= 11 is 12.1. The van der Waals surface area contributed by atoms with Gasteiger partial charge in [-0.05, 0) is 30.3 Å². The van der Waals surface area contributed by atoms with Crippen LogP contribution in [0, 0.1) is 0 Å². The third-order valence-electron chi connectivity index (χ3n) is 4.67. The summed E-state index contributed by atoms with van der Waals surface area (Å²) in [6, 6.07) is 14.7. The summed E-state index contributed by atoms with van der Waals surface area (Å²) in [5, 5.41) is 1.18. The summed E-state index contributed by atoms with van der Waals surface area (Å²) in [6.07, 6.45) is 0. The first-order valence-corrected chi connectivity index (χ1v) is 9.31. The summed E-state index contributed by atoms with van der Waals surface area (Å²) in [6.45, 7) is 2.46. The number of nitrogens with zero attached hydrogens (tertiary/aromatic N) is 2. The van der Waals surface area contributed by atoms with Crippen LogP contribution in [0.25, 0.3) is 11.0 Å². The van der Waals surface area contributed by atoms with Crippen molar-refractivity contribution in [3.8, 4) is 0 Å². The lowest BCUT2D eigenvalue weighted by molar-refractivity contribution is 0.0742. The van der Waals surface area contributed by atoms with Gasteiger partial charge in [0.2, 0.25) is 0 Å². The molecule has 1 aromatic heterocycles. The quantitative estimate of drug-likeness (QED) is 0.606. The summed E-state index contributed by atoms with van der Waals surface area (Å²) in [5.74, 6) is -0.338. The van der Waals surface area contributed by atoms with E-state index in [4.69, 9.17) is 27.6 Å². The third-order valence-corrected chi connectivity index (χ3v) is 5.17. The maximum absolute atomic E-state index is 12.9. The van der Waals surface area contributed by atoms with Gasteiger partial charge < -0.3 is 14.2 Å². The van der Waals surface area contributed by atoms with E-state index in [0.717, 1.165) is 5.69 Å². The smallest absolute Gasteiger partial charge is 0.349 e. The van der Waals surface area contributed by atoms with Gasteiger partial charge in [-0.1, -0.05) is 41.4 Å². The molecule has 0 atom stereocenters. The number of carbonyl (C=O) groups excluding carboxylic acids is 1. The first kappa shape index (κ1) is 17.9. The molecule has 2 aromatic carbocycles. The van der Waals surface area contributed by atoms with Crippen LogP contribution in [-0.2, 0) is 0 Å². The molecule has 1 amide bonds. The molecule has 0 aliphatic carbocycles. The molecule has 1 aliphatic heterocycles. The van der Waals surface area contributed by atoms with E-state index in [-0.39, 0.29) is 22.1 Å². The zero-order chi connectivity index (χ0) is 19.0. The van der Waals surface area contributed by atoms with Crippen LogP contribution in [0.5, 0.6) is 0 Å². The van der Waals surface area contributed by atoms with Crippen LogP contribution in [0.2, 0.25) is 10.0 Å². The van der Waals surface area contributed by atoms with Crippen LogP contribution in [0.1, 0.15) is 10.4 Å². The Kier molecular flexibility index (Phi) is 4.81. The summed E-state index contributed by atoms with van der Waals surface area (Å²) in [7, 11) is 0. The highest BCUT2D eigenvalue weighted by Crippen LogP contribution is 2.27. The van der Waals surface area contributed by atoms with Crippen molar-refractivity contribution in [2.24, 2.45) is 0 Å². The highest BCUT2D eigenvalue weighted by Gasteiger charge is 2.25. The second kappa shape index (κ2) is 7.25. The Bertz CT molecular complexity index is 1060. The van der Waals surface area contributed by atoms with Gasteiger partial charge in [-0.2, -0.15) is 0 Å². The molecule has 4 rings (SSSR count). The molecule has 27 heavy (non-hydrogen) atoms. The summed E-state index contributed by atoms with van der Waals surface area (Å²) in [5.41, 5.74) is 0.659. The minimum absolute atomic E-state index is 0.00556. The number of carbonyl (C=O) groups is 1. The van der Waals surface area contributed by atoms with Crippen molar-refractivity contribution in [1.29, 1.82) is 0 Å². The van der Waals surface area contributed by atoms with Crippen LogP contribution >= 0.6 is 23.2 Å². The fourth-order valence-corrected chi connectivity index (χ4v) is 3.83. The first-order chi connectivity index (χ1) is 13.0. The molecule has 2 heterocycles. The lowest BCUT2D eigenvalue weighted by atomic mass is 10.1. The van der Waals surface area contributed by atoms with E-state index in [1.165, 1.54) is 12.1 Å². The van der Waals surface area contributed by atoms with Gasteiger partial charge >= 0.3 is 5.63 Å². The minimum Gasteiger partial charge on any atom is -0.421 e. The topological polar surface area (TPSA) is 53.8 Å². The SMILES string of the molecule is O=C(c1cc2cc(Cl)cc(Cl)c2oc1=O)N1CCN(c2ccccc2)CC1. The first-order valence-electron chi connectivity index (χ1n) is 8.55. The molecule has 5 nitrogen and oxygen atoms in total. The number of hydrogen-bond acceptors (Lipinski definition) is 4. The Hall–Kier alpha value is -2.50. The lowest BCUT2D eigenvalue weighted by Gasteiger charge is -2.36. The standard InChI is InChI=1S/C20H16Cl2N2O3/c21-14-10-13-11-16(20(26)27-18(13)17(22)12-14)19(25)24-8-6-23(7-9-24)15-4-2-1-3-5-15/h1-5,10-12H,6-9H2. The highest BCUT2D eigenvalue weighted by atomic mass is 35.5. The van der Waals surface area contributed by atoms with Crippen molar-refractivity contribution in [2.75, 3.05) is 31.1 Å². The molecular formula is C20H16Cl2N2O3. The van der Waals surface area contributed by atoms with E-state index >= 15 is 0 Å². The fraction of sp³-hybridized carbons (Fsp3) is 0.200. The zero-order valence-corrected chi connectivity index (χ0v) is 15.8. The third kappa shape index (κ3) is 3.53. The second-order valence-electron chi connectivity index (χ2n) is 6.37. The number of rotatable bonds is 2. The molecule has 0 bridgehead atoms. The Morgan fingerprint density at radius 1 is 0.963 bits per heavy atom. The fourth-order valence-electron chi connectivity index (χ4n) is 3.28. The van der Waals surface area contributed by atoms with E-state index < -0.39 is 5.63 Å². The van der Waals surface area contributed by atoms with Crippen LogP contribution in [-0.4, -0.2) is 37.0 Å². The maximum Gasteiger partial charge on any atom is 0.349 e. The van der Waals surface area contributed by atoms with Crippen molar-refractivity contribution in [3.63, 3.8) is 0 Å². The van der Waals surface area contributed by atoms with Crippen molar-refractivity contribution < 1.29 is 9.21 Å². The van der Waals surface area contributed by atoms with Gasteiger partial charge in [-0.15, -0.1) is 0 Å². The number of amides is 1. The Labute approximate surface area is 165 Å².